The first-order valence-electron chi connectivity index (χ1n) is 9.09. The van der Waals surface area contributed by atoms with Crippen molar-refractivity contribution in [2.45, 2.75) is 26.8 Å². The van der Waals surface area contributed by atoms with Gasteiger partial charge in [-0.05, 0) is 51.1 Å². The van der Waals surface area contributed by atoms with E-state index in [1.807, 2.05) is 45.0 Å². The molecular formula is C21H24ClN3O3S. The molecule has 2 aromatic carbocycles. The lowest BCUT2D eigenvalue weighted by Gasteiger charge is -2.11. The van der Waals surface area contributed by atoms with Crippen LogP contribution in [0.5, 0.6) is 0 Å². The maximum atomic E-state index is 12.2. The first-order chi connectivity index (χ1) is 13.7. The predicted molar refractivity (Wildman–Crippen MR) is 120 cm³/mol. The SMILES string of the molecule is Cc1ccc(NC(=O)CSCC(=O)Nc2cc(C(=O)NC(C)C)ccc2Cl)cc1. The highest BCUT2D eigenvalue weighted by Crippen LogP contribution is 2.23. The summed E-state index contributed by atoms with van der Waals surface area (Å²) in [5, 5.41) is 8.59. The van der Waals surface area contributed by atoms with Gasteiger partial charge in [0, 0.05) is 17.3 Å². The molecule has 0 radical (unpaired) electrons. The van der Waals surface area contributed by atoms with Crippen LogP contribution in [0.2, 0.25) is 5.02 Å². The fraction of sp³-hybridized carbons (Fsp3) is 0.286. The van der Waals surface area contributed by atoms with Gasteiger partial charge in [0.25, 0.3) is 5.91 Å². The summed E-state index contributed by atoms with van der Waals surface area (Å²) < 4.78 is 0. The molecule has 0 heterocycles. The zero-order chi connectivity index (χ0) is 21.4. The van der Waals surface area contributed by atoms with Crippen LogP contribution < -0.4 is 16.0 Å². The van der Waals surface area contributed by atoms with E-state index in [-0.39, 0.29) is 35.3 Å². The predicted octanol–water partition coefficient (Wildman–Crippen LogP) is 4.10. The van der Waals surface area contributed by atoms with E-state index in [4.69, 9.17) is 11.6 Å². The number of hydrogen-bond acceptors (Lipinski definition) is 4. The number of amides is 3. The molecule has 0 spiro atoms. The fourth-order valence-electron chi connectivity index (χ4n) is 2.36. The first-order valence-corrected chi connectivity index (χ1v) is 10.6. The summed E-state index contributed by atoms with van der Waals surface area (Å²) in [5.41, 5.74) is 2.59. The van der Waals surface area contributed by atoms with E-state index in [0.29, 0.717) is 22.0 Å². The molecule has 0 fully saturated rings. The highest BCUT2D eigenvalue weighted by molar-refractivity contribution is 8.00. The number of anilines is 2. The second kappa shape index (κ2) is 10.9. The summed E-state index contributed by atoms with van der Waals surface area (Å²) in [6.45, 7) is 5.70. The molecule has 0 saturated carbocycles. The molecule has 6 nitrogen and oxygen atoms in total. The lowest BCUT2D eigenvalue weighted by Crippen LogP contribution is -2.30. The normalized spacial score (nSPS) is 10.5. The summed E-state index contributed by atoms with van der Waals surface area (Å²) in [6.07, 6.45) is 0. The molecule has 3 N–H and O–H groups in total. The number of nitrogens with one attached hydrogen (secondary N) is 3. The molecule has 0 unspecified atom stereocenters. The van der Waals surface area contributed by atoms with E-state index in [2.05, 4.69) is 16.0 Å². The Morgan fingerprint density at radius 1 is 0.966 bits per heavy atom. The monoisotopic (exact) mass is 433 g/mol. The third kappa shape index (κ3) is 7.79. The van der Waals surface area contributed by atoms with Crippen LogP contribution in [-0.4, -0.2) is 35.3 Å². The van der Waals surface area contributed by atoms with Crippen LogP contribution in [-0.2, 0) is 9.59 Å². The summed E-state index contributed by atoms with van der Waals surface area (Å²) in [4.78, 5) is 36.3. The van der Waals surface area contributed by atoms with Crippen molar-refractivity contribution < 1.29 is 14.4 Å². The lowest BCUT2D eigenvalue weighted by atomic mass is 10.1. The van der Waals surface area contributed by atoms with Gasteiger partial charge in [-0.2, -0.15) is 0 Å². The van der Waals surface area contributed by atoms with Crippen LogP contribution in [0.1, 0.15) is 29.8 Å². The number of halogens is 1. The molecule has 29 heavy (non-hydrogen) atoms. The summed E-state index contributed by atoms with van der Waals surface area (Å²) in [6, 6.07) is 12.2. The van der Waals surface area contributed by atoms with E-state index in [1.165, 1.54) is 17.8 Å². The minimum absolute atomic E-state index is 0.00123. The van der Waals surface area contributed by atoms with Crippen LogP contribution in [0.15, 0.2) is 42.5 Å². The van der Waals surface area contributed by atoms with Gasteiger partial charge in [0.1, 0.15) is 0 Å². The number of thioether (sulfide) groups is 1. The third-order valence-corrected chi connectivity index (χ3v) is 4.99. The van der Waals surface area contributed by atoms with E-state index >= 15 is 0 Å². The molecule has 0 aliphatic rings. The van der Waals surface area contributed by atoms with Gasteiger partial charge >= 0.3 is 0 Å². The smallest absolute Gasteiger partial charge is 0.251 e. The van der Waals surface area contributed by atoms with Crippen molar-refractivity contribution in [3.05, 3.63) is 58.6 Å². The standard InChI is InChI=1S/C21H24ClN3O3S/c1-13(2)23-21(28)15-6-9-17(22)18(10-15)25-20(27)12-29-11-19(26)24-16-7-4-14(3)5-8-16/h4-10,13H,11-12H2,1-3H3,(H,23,28)(H,24,26)(H,25,27). The number of rotatable bonds is 8. The van der Waals surface area contributed by atoms with Gasteiger partial charge in [-0.1, -0.05) is 29.3 Å². The number of benzene rings is 2. The maximum absolute atomic E-state index is 12.2. The van der Waals surface area contributed by atoms with E-state index in [0.717, 1.165) is 5.56 Å². The van der Waals surface area contributed by atoms with Crippen molar-refractivity contribution in [1.29, 1.82) is 0 Å². The Labute approximate surface area is 179 Å². The molecule has 154 valence electrons. The van der Waals surface area contributed by atoms with Crippen molar-refractivity contribution in [2.75, 3.05) is 22.1 Å². The quantitative estimate of drug-likeness (QED) is 0.585. The molecule has 0 saturated heterocycles. The van der Waals surface area contributed by atoms with E-state index in [9.17, 15) is 14.4 Å². The van der Waals surface area contributed by atoms with Crippen LogP contribution in [0.3, 0.4) is 0 Å². The van der Waals surface area contributed by atoms with Gasteiger partial charge in [-0.25, -0.2) is 0 Å². The van der Waals surface area contributed by atoms with Crippen molar-refractivity contribution in [3.8, 4) is 0 Å². The van der Waals surface area contributed by atoms with E-state index in [1.54, 1.807) is 12.1 Å². The van der Waals surface area contributed by atoms with Gasteiger partial charge in [-0.15, -0.1) is 11.8 Å². The Balaban J connectivity index is 1.83. The van der Waals surface area contributed by atoms with E-state index < -0.39 is 0 Å². The fourth-order valence-corrected chi connectivity index (χ4v) is 3.15. The van der Waals surface area contributed by atoms with Crippen molar-refractivity contribution in [1.82, 2.24) is 5.32 Å². The Morgan fingerprint density at radius 3 is 2.21 bits per heavy atom. The van der Waals surface area contributed by atoms with Crippen molar-refractivity contribution in [3.63, 3.8) is 0 Å². The van der Waals surface area contributed by atoms with Gasteiger partial charge < -0.3 is 16.0 Å². The minimum Gasteiger partial charge on any atom is -0.350 e. The second-order valence-corrected chi connectivity index (χ2v) is 8.17. The molecular weight excluding hydrogens is 410 g/mol. The van der Waals surface area contributed by atoms with Crippen LogP contribution >= 0.6 is 23.4 Å². The molecule has 2 rings (SSSR count). The average Bonchev–Trinajstić information content (AvgIpc) is 2.64. The van der Waals surface area contributed by atoms with Gasteiger partial charge in [0.05, 0.1) is 22.2 Å². The number of aryl methyl sites for hydroxylation is 1. The Kier molecular flexibility index (Phi) is 8.54. The average molecular weight is 434 g/mol. The number of carbonyl (C=O) groups is 3. The molecule has 8 heteroatoms. The summed E-state index contributed by atoms with van der Waals surface area (Å²) >= 11 is 7.31. The highest BCUT2D eigenvalue weighted by Gasteiger charge is 2.12. The highest BCUT2D eigenvalue weighted by atomic mass is 35.5. The molecule has 0 aromatic heterocycles. The second-order valence-electron chi connectivity index (χ2n) is 6.78. The summed E-state index contributed by atoms with van der Waals surface area (Å²) in [5.74, 6) is -0.501. The topological polar surface area (TPSA) is 87.3 Å². The van der Waals surface area contributed by atoms with Gasteiger partial charge in [0.15, 0.2) is 0 Å². The minimum atomic E-state index is -0.304. The number of hydrogen-bond donors (Lipinski definition) is 3. The van der Waals surface area contributed by atoms with Crippen molar-refractivity contribution in [2.24, 2.45) is 0 Å². The molecule has 0 aliphatic carbocycles. The lowest BCUT2D eigenvalue weighted by molar-refractivity contribution is -0.114. The summed E-state index contributed by atoms with van der Waals surface area (Å²) in [7, 11) is 0. The Bertz CT molecular complexity index is 885. The third-order valence-electron chi connectivity index (χ3n) is 3.72. The zero-order valence-corrected chi connectivity index (χ0v) is 18.1. The molecule has 0 atom stereocenters. The Morgan fingerprint density at radius 2 is 1.59 bits per heavy atom. The van der Waals surface area contributed by atoms with Gasteiger partial charge in [-0.3, -0.25) is 14.4 Å². The Hall–Kier alpha value is -2.51. The van der Waals surface area contributed by atoms with Crippen LogP contribution in [0, 0.1) is 6.92 Å². The van der Waals surface area contributed by atoms with Crippen LogP contribution in [0.25, 0.3) is 0 Å². The first kappa shape index (κ1) is 22.8. The molecule has 0 aliphatic heterocycles. The molecule has 0 bridgehead atoms. The zero-order valence-electron chi connectivity index (χ0n) is 16.5. The largest absolute Gasteiger partial charge is 0.350 e. The molecule has 2 aromatic rings. The number of carbonyl (C=O) groups excluding carboxylic acids is 3. The maximum Gasteiger partial charge on any atom is 0.251 e. The molecule has 3 amide bonds. The van der Waals surface area contributed by atoms with Gasteiger partial charge in [0.2, 0.25) is 11.8 Å². The van der Waals surface area contributed by atoms with Crippen molar-refractivity contribution >= 4 is 52.5 Å². The van der Waals surface area contributed by atoms with Crippen LogP contribution in [0.4, 0.5) is 11.4 Å².